The number of aromatic nitrogens is 3. The lowest BCUT2D eigenvalue weighted by Crippen LogP contribution is -2.13. The van der Waals surface area contributed by atoms with E-state index in [9.17, 15) is 4.79 Å². The quantitative estimate of drug-likeness (QED) is 0.775. The molecule has 2 aromatic rings. The van der Waals surface area contributed by atoms with E-state index in [2.05, 4.69) is 15.4 Å². The maximum atomic E-state index is 11.9. The standard InChI is InChI=1S/C19H25N3O3/c1-2-25-19(23)18-17(20-22-21-18)16-10-8-15(9-11-16)13-24-12-14-6-4-3-5-7-14/h8-11,14H,2-7,12-13H2,1H3,(H,20,21,22). The second kappa shape index (κ2) is 8.76. The van der Waals surface area contributed by atoms with Crippen molar-refractivity contribution in [2.24, 2.45) is 5.92 Å². The van der Waals surface area contributed by atoms with Gasteiger partial charge in [-0.05, 0) is 31.2 Å². The van der Waals surface area contributed by atoms with Gasteiger partial charge in [0.2, 0.25) is 0 Å². The van der Waals surface area contributed by atoms with Gasteiger partial charge in [0.15, 0.2) is 5.69 Å². The number of nitrogens with zero attached hydrogens (tertiary/aromatic N) is 2. The molecule has 1 fully saturated rings. The summed E-state index contributed by atoms with van der Waals surface area (Å²) in [6, 6.07) is 7.86. The smallest absolute Gasteiger partial charge is 0.361 e. The lowest BCUT2D eigenvalue weighted by molar-refractivity contribution is 0.0520. The molecule has 1 N–H and O–H groups in total. The van der Waals surface area contributed by atoms with Crippen LogP contribution in [0.3, 0.4) is 0 Å². The van der Waals surface area contributed by atoms with Crippen LogP contribution in [0.15, 0.2) is 24.3 Å². The normalized spacial score (nSPS) is 15.2. The molecule has 1 aliphatic carbocycles. The Labute approximate surface area is 147 Å². The predicted octanol–water partition coefficient (Wildman–Crippen LogP) is 3.75. The molecule has 134 valence electrons. The SMILES string of the molecule is CCOC(=O)c1n[nH]nc1-c1ccc(COCC2CCCCC2)cc1. The van der Waals surface area contributed by atoms with Gasteiger partial charge in [0, 0.05) is 12.2 Å². The third-order valence-corrected chi connectivity index (χ3v) is 4.59. The van der Waals surface area contributed by atoms with Crippen LogP contribution in [-0.4, -0.2) is 34.6 Å². The minimum Gasteiger partial charge on any atom is -0.461 e. The summed E-state index contributed by atoms with van der Waals surface area (Å²) in [5.74, 6) is 0.251. The average molecular weight is 343 g/mol. The van der Waals surface area contributed by atoms with E-state index in [1.807, 2.05) is 24.3 Å². The van der Waals surface area contributed by atoms with Gasteiger partial charge in [-0.3, -0.25) is 0 Å². The summed E-state index contributed by atoms with van der Waals surface area (Å²) in [7, 11) is 0. The van der Waals surface area contributed by atoms with E-state index >= 15 is 0 Å². The fraction of sp³-hybridized carbons (Fsp3) is 0.526. The number of hydrogen-bond acceptors (Lipinski definition) is 5. The lowest BCUT2D eigenvalue weighted by Gasteiger charge is -2.21. The Kier molecular flexibility index (Phi) is 6.17. The Morgan fingerprint density at radius 3 is 2.64 bits per heavy atom. The van der Waals surface area contributed by atoms with Gasteiger partial charge in [0.05, 0.1) is 13.2 Å². The number of carbonyl (C=O) groups is 1. The monoisotopic (exact) mass is 343 g/mol. The van der Waals surface area contributed by atoms with Crippen molar-refractivity contribution in [3.63, 3.8) is 0 Å². The molecule has 0 unspecified atom stereocenters. The molecule has 0 saturated heterocycles. The summed E-state index contributed by atoms with van der Waals surface area (Å²) in [5.41, 5.74) is 2.66. The fourth-order valence-corrected chi connectivity index (χ4v) is 3.23. The first-order valence-corrected chi connectivity index (χ1v) is 9.03. The molecule has 1 aromatic heterocycles. The molecule has 0 radical (unpaired) electrons. The summed E-state index contributed by atoms with van der Waals surface area (Å²) >= 11 is 0. The van der Waals surface area contributed by atoms with Gasteiger partial charge in [0.25, 0.3) is 0 Å². The van der Waals surface area contributed by atoms with E-state index in [4.69, 9.17) is 9.47 Å². The highest BCUT2D eigenvalue weighted by Gasteiger charge is 2.19. The predicted molar refractivity (Wildman–Crippen MR) is 94.0 cm³/mol. The van der Waals surface area contributed by atoms with Crippen molar-refractivity contribution in [2.45, 2.75) is 45.6 Å². The van der Waals surface area contributed by atoms with Crippen molar-refractivity contribution in [1.29, 1.82) is 0 Å². The summed E-state index contributed by atoms with van der Waals surface area (Å²) in [5, 5.41) is 10.5. The van der Waals surface area contributed by atoms with Gasteiger partial charge in [-0.15, -0.1) is 5.10 Å². The summed E-state index contributed by atoms with van der Waals surface area (Å²) in [6.07, 6.45) is 6.63. The maximum absolute atomic E-state index is 11.9. The van der Waals surface area contributed by atoms with Crippen LogP contribution in [-0.2, 0) is 16.1 Å². The van der Waals surface area contributed by atoms with E-state index in [0.29, 0.717) is 18.9 Å². The average Bonchev–Trinajstić information content (AvgIpc) is 3.13. The first kappa shape index (κ1) is 17.6. The molecular formula is C19H25N3O3. The first-order valence-electron chi connectivity index (χ1n) is 9.03. The number of rotatable bonds is 7. The van der Waals surface area contributed by atoms with Gasteiger partial charge < -0.3 is 9.47 Å². The number of carbonyl (C=O) groups excluding carboxylic acids is 1. The molecule has 3 rings (SSSR count). The van der Waals surface area contributed by atoms with Crippen LogP contribution in [0.5, 0.6) is 0 Å². The zero-order valence-corrected chi connectivity index (χ0v) is 14.7. The van der Waals surface area contributed by atoms with E-state index in [1.54, 1.807) is 6.92 Å². The van der Waals surface area contributed by atoms with Crippen molar-refractivity contribution in [3.05, 3.63) is 35.5 Å². The molecule has 0 aliphatic heterocycles. The molecule has 0 bridgehead atoms. The van der Waals surface area contributed by atoms with Crippen LogP contribution in [0.2, 0.25) is 0 Å². The van der Waals surface area contributed by atoms with Crippen molar-refractivity contribution in [3.8, 4) is 11.3 Å². The number of aromatic amines is 1. The van der Waals surface area contributed by atoms with Gasteiger partial charge in [0.1, 0.15) is 5.69 Å². The fourth-order valence-electron chi connectivity index (χ4n) is 3.23. The third-order valence-electron chi connectivity index (χ3n) is 4.59. The number of benzene rings is 1. The molecule has 25 heavy (non-hydrogen) atoms. The summed E-state index contributed by atoms with van der Waals surface area (Å²) in [6.45, 7) is 3.53. The van der Waals surface area contributed by atoms with Gasteiger partial charge >= 0.3 is 5.97 Å². The number of ether oxygens (including phenoxy) is 2. The van der Waals surface area contributed by atoms with Gasteiger partial charge in [-0.25, -0.2) is 4.79 Å². The molecule has 0 amide bonds. The molecule has 1 heterocycles. The molecule has 1 aromatic carbocycles. The zero-order valence-electron chi connectivity index (χ0n) is 14.7. The molecule has 0 atom stereocenters. The van der Waals surface area contributed by atoms with E-state index in [1.165, 1.54) is 32.1 Å². The van der Waals surface area contributed by atoms with E-state index in [0.717, 1.165) is 23.7 Å². The zero-order chi connectivity index (χ0) is 17.5. The Morgan fingerprint density at radius 2 is 1.92 bits per heavy atom. The van der Waals surface area contributed by atoms with Crippen molar-refractivity contribution < 1.29 is 14.3 Å². The number of H-pyrrole nitrogens is 1. The molecule has 6 nitrogen and oxygen atoms in total. The van der Waals surface area contributed by atoms with Crippen LogP contribution < -0.4 is 0 Å². The van der Waals surface area contributed by atoms with Crippen LogP contribution >= 0.6 is 0 Å². The lowest BCUT2D eigenvalue weighted by atomic mass is 9.90. The minimum atomic E-state index is -0.467. The Morgan fingerprint density at radius 1 is 1.16 bits per heavy atom. The van der Waals surface area contributed by atoms with Crippen LogP contribution in [0, 0.1) is 5.92 Å². The first-order chi connectivity index (χ1) is 12.3. The second-order valence-electron chi connectivity index (χ2n) is 6.46. The van der Waals surface area contributed by atoms with Crippen molar-refractivity contribution >= 4 is 5.97 Å². The topological polar surface area (TPSA) is 77.1 Å². The molecular weight excluding hydrogens is 318 g/mol. The third kappa shape index (κ3) is 4.66. The summed E-state index contributed by atoms with van der Waals surface area (Å²) in [4.78, 5) is 11.9. The Balaban J connectivity index is 1.57. The number of esters is 1. The highest BCUT2D eigenvalue weighted by atomic mass is 16.5. The molecule has 6 heteroatoms. The van der Waals surface area contributed by atoms with E-state index in [-0.39, 0.29) is 5.69 Å². The molecule has 1 saturated carbocycles. The van der Waals surface area contributed by atoms with Gasteiger partial charge in [-0.1, -0.05) is 43.5 Å². The molecule has 0 spiro atoms. The Bertz CT molecular complexity index is 675. The van der Waals surface area contributed by atoms with E-state index < -0.39 is 5.97 Å². The number of hydrogen-bond donors (Lipinski definition) is 1. The highest BCUT2D eigenvalue weighted by molar-refractivity contribution is 5.93. The van der Waals surface area contributed by atoms with Crippen molar-refractivity contribution in [2.75, 3.05) is 13.2 Å². The van der Waals surface area contributed by atoms with Crippen LogP contribution in [0.4, 0.5) is 0 Å². The summed E-state index contributed by atoms with van der Waals surface area (Å²) < 4.78 is 10.9. The number of nitrogens with one attached hydrogen (secondary N) is 1. The largest absolute Gasteiger partial charge is 0.461 e. The molecule has 1 aliphatic rings. The highest BCUT2D eigenvalue weighted by Crippen LogP contribution is 2.24. The maximum Gasteiger partial charge on any atom is 0.361 e. The van der Waals surface area contributed by atoms with Crippen LogP contribution in [0.25, 0.3) is 11.3 Å². The van der Waals surface area contributed by atoms with Crippen molar-refractivity contribution in [1.82, 2.24) is 15.4 Å². The van der Waals surface area contributed by atoms with Crippen LogP contribution in [0.1, 0.15) is 55.1 Å². The second-order valence-corrected chi connectivity index (χ2v) is 6.46. The Hall–Kier alpha value is -2.21. The minimum absolute atomic E-state index is 0.211. The van der Waals surface area contributed by atoms with Gasteiger partial charge in [-0.2, -0.15) is 10.3 Å².